The zero-order chi connectivity index (χ0) is 15.4. The van der Waals surface area contributed by atoms with E-state index < -0.39 is 6.04 Å². The van der Waals surface area contributed by atoms with Crippen molar-refractivity contribution in [3.63, 3.8) is 0 Å². The van der Waals surface area contributed by atoms with Crippen molar-refractivity contribution >= 4 is 38.4 Å². The highest BCUT2D eigenvalue weighted by atomic mass is 79.9. The van der Waals surface area contributed by atoms with E-state index in [1.54, 1.807) is 6.07 Å². The Bertz CT molecular complexity index is 700. The van der Waals surface area contributed by atoms with Gasteiger partial charge >= 0.3 is 0 Å². The minimum atomic E-state index is -0.483. The molecule has 0 aliphatic carbocycles. The lowest BCUT2D eigenvalue weighted by Gasteiger charge is -2.15. The number of amidine groups is 1. The van der Waals surface area contributed by atoms with Crippen molar-refractivity contribution in [1.29, 1.82) is 0 Å². The first-order valence-corrected chi connectivity index (χ1v) is 7.32. The van der Waals surface area contributed by atoms with E-state index in [0.29, 0.717) is 12.0 Å². The van der Waals surface area contributed by atoms with E-state index >= 15 is 0 Å². The van der Waals surface area contributed by atoms with E-state index in [1.807, 2.05) is 37.3 Å². The van der Waals surface area contributed by atoms with Gasteiger partial charge in [-0.05, 0) is 41.5 Å². The summed E-state index contributed by atoms with van der Waals surface area (Å²) < 4.78 is 0.991. The molecule has 5 nitrogen and oxygen atoms in total. The van der Waals surface area contributed by atoms with Crippen LogP contribution in [0.3, 0.4) is 0 Å². The summed E-state index contributed by atoms with van der Waals surface area (Å²) in [5, 5.41) is 16.4. The molecule has 1 atom stereocenters. The molecule has 110 valence electrons. The van der Waals surface area contributed by atoms with Gasteiger partial charge in [0.25, 0.3) is 5.91 Å². The molecule has 0 aliphatic heterocycles. The lowest BCUT2D eigenvalue weighted by Crippen LogP contribution is -2.44. The van der Waals surface area contributed by atoms with Crippen LogP contribution < -0.4 is 11.1 Å². The van der Waals surface area contributed by atoms with Crippen LogP contribution in [0.2, 0.25) is 0 Å². The van der Waals surface area contributed by atoms with E-state index in [9.17, 15) is 4.79 Å². The molecule has 2 aromatic rings. The summed E-state index contributed by atoms with van der Waals surface area (Å²) in [5.41, 5.74) is 6.08. The smallest absolute Gasteiger partial charge is 0.251 e. The van der Waals surface area contributed by atoms with E-state index in [2.05, 4.69) is 26.4 Å². The van der Waals surface area contributed by atoms with Gasteiger partial charge in [-0.25, -0.2) is 0 Å². The third kappa shape index (κ3) is 3.52. The van der Waals surface area contributed by atoms with Crippen LogP contribution in [0, 0.1) is 0 Å². The summed E-state index contributed by atoms with van der Waals surface area (Å²) in [5.74, 6) is -0.256. The maximum Gasteiger partial charge on any atom is 0.251 e. The molecule has 0 spiro atoms. The molecule has 0 bridgehead atoms. The van der Waals surface area contributed by atoms with Gasteiger partial charge in [-0.1, -0.05) is 40.1 Å². The fourth-order valence-electron chi connectivity index (χ4n) is 2.05. The minimum absolute atomic E-state index is 0.00410. The summed E-state index contributed by atoms with van der Waals surface area (Å²) in [6, 6.07) is 10.8. The second-order valence-corrected chi connectivity index (χ2v) is 5.58. The van der Waals surface area contributed by atoms with Crippen LogP contribution in [-0.2, 0) is 0 Å². The van der Waals surface area contributed by atoms with Crippen molar-refractivity contribution in [3.8, 4) is 0 Å². The highest BCUT2D eigenvalue weighted by Gasteiger charge is 2.16. The summed E-state index contributed by atoms with van der Waals surface area (Å²) in [6.07, 6.45) is 0.544. The zero-order valence-electron chi connectivity index (χ0n) is 11.5. The number of nitrogens with zero attached hydrogens (tertiary/aromatic N) is 1. The second kappa shape index (κ2) is 6.58. The lowest BCUT2D eigenvalue weighted by atomic mass is 10.1. The zero-order valence-corrected chi connectivity index (χ0v) is 13.1. The Balaban J connectivity index is 2.25. The maximum absolute atomic E-state index is 12.2. The molecule has 1 amide bonds. The van der Waals surface area contributed by atoms with Crippen LogP contribution in [0.25, 0.3) is 10.8 Å². The molecule has 0 saturated heterocycles. The van der Waals surface area contributed by atoms with Crippen molar-refractivity contribution < 1.29 is 10.0 Å². The van der Waals surface area contributed by atoms with Crippen molar-refractivity contribution in [2.45, 2.75) is 19.4 Å². The monoisotopic (exact) mass is 349 g/mol. The third-order valence-electron chi connectivity index (χ3n) is 3.25. The number of halogens is 1. The van der Waals surface area contributed by atoms with E-state index in [0.717, 1.165) is 15.2 Å². The van der Waals surface area contributed by atoms with Gasteiger partial charge in [0.2, 0.25) is 0 Å². The number of nitrogens with two attached hydrogens (primary N) is 1. The van der Waals surface area contributed by atoms with E-state index in [1.165, 1.54) is 0 Å². The second-order valence-electron chi connectivity index (χ2n) is 4.67. The number of oxime groups is 1. The van der Waals surface area contributed by atoms with Crippen LogP contribution in [0.5, 0.6) is 0 Å². The summed E-state index contributed by atoms with van der Waals surface area (Å²) >= 11 is 3.42. The van der Waals surface area contributed by atoms with Crippen LogP contribution in [0.4, 0.5) is 0 Å². The highest BCUT2D eigenvalue weighted by Crippen LogP contribution is 2.21. The highest BCUT2D eigenvalue weighted by molar-refractivity contribution is 9.10. The van der Waals surface area contributed by atoms with Crippen molar-refractivity contribution in [1.82, 2.24) is 5.32 Å². The Kier molecular flexibility index (Phi) is 4.80. The summed E-state index contributed by atoms with van der Waals surface area (Å²) in [6.45, 7) is 1.85. The molecule has 0 heterocycles. The van der Waals surface area contributed by atoms with Gasteiger partial charge in [0, 0.05) is 10.0 Å². The Morgan fingerprint density at radius 1 is 1.33 bits per heavy atom. The third-order valence-corrected chi connectivity index (χ3v) is 3.74. The molecule has 4 N–H and O–H groups in total. The van der Waals surface area contributed by atoms with Gasteiger partial charge in [-0.3, -0.25) is 4.79 Å². The fourth-order valence-corrected chi connectivity index (χ4v) is 2.43. The largest absolute Gasteiger partial charge is 0.409 e. The van der Waals surface area contributed by atoms with Crippen molar-refractivity contribution in [2.75, 3.05) is 0 Å². The Hall–Kier alpha value is -2.08. The molecule has 21 heavy (non-hydrogen) atoms. The molecule has 0 radical (unpaired) electrons. The number of carbonyl (C=O) groups excluding carboxylic acids is 1. The molecule has 0 saturated carbocycles. The number of amides is 1. The van der Waals surface area contributed by atoms with Crippen molar-refractivity contribution in [2.24, 2.45) is 10.9 Å². The van der Waals surface area contributed by atoms with Crippen molar-refractivity contribution in [3.05, 3.63) is 46.4 Å². The van der Waals surface area contributed by atoms with Gasteiger partial charge < -0.3 is 16.3 Å². The SMILES string of the molecule is CCC(NC(=O)c1ccc2cc(Br)ccc2c1)/C(N)=N/O. The average Bonchev–Trinajstić information content (AvgIpc) is 2.50. The number of hydrogen-bond donors (Lipinski definition) is 3. The van der Waals surface area contributed by atoms with E-state index in [-0.39, 0.29) is 11.7 Å². The molecule has 2 rings (SSSR count). The number of carbonyl (C=O) groups is 1. The maximum atomic E-state index is 12.2. The van der Waals surface area contributed by atoms with Gasteiger partial charge in [0.15, 0.2) is 5.84 Å². The molecule has 1 unspecified atom stereocenters. The predicted octanol–water partition coefficient (Wildman–Crippen LogP) is 2.86. The van der Waals surface area contributed by atoms with Gasteiger partial charge in [0.05, 0.1) is 6.04 Å². The van der Waals surface area contributed by atoms with Gasteiger partial charge in [-0.2, -0.15) is 0 Å². The first-order chi connectivity index (χ1) is 10.0. The summed E-state index contributed by atoms with van der Waals surface area (Å²) in [7, 11) is 0. The average molecular weight is 350 g/mol. The molecule has 2 aromatic carbocycles. The quantitative estimate of drug-likeness (QED) is 0.343. The first kappa shape index (κ1) is 15.3. The normalized spacial score (nSPS) is 13.1. The van der Waals surface area contributed by atoms with Crippen LogP contribution in [0.15, 0.2) is 46.0 Å². The molecule has 0 aliphatic rings. The molecule has 6 heteroatoms. The first-order valence-electron chi connectivity index (χ1n) is 6.52. The predicted molar refractivity (Wildman–Crippen MR) is 86.6 cm³/mol. The molecular weight excluding hydrogens is 334 g/mol. The molecule has 0 aromatic heterocycles. The molecular formula is C15H16BrN3O2. The van der Waals surface area contributed by atoms with E-state index in [4.69, 9.17) is 10.9 Å². The Morgan fingerprint density at radius 2 is 2.00 bits per heavy atom. The standard InChI is InChI=1S/C15H16BrN3O2/c1-2-13(14(17)19-21)18-15(20)11-4-3-10-8-12(16)6-5-9(10)7-11/h3-8,13,21H,2H2,1H3,(H2,17,19)(H,18,20). The number of hydrogen-bond acceptors (Lipinski definition) is 3. The Morgan fingerprint density at radius 3 is 2.67 bits per heavy atom. The Labute approximate surface area is 131 Å². The fraction of sp³-hybridized carbons (Fsp3) is 0.200. The van der Waals surface area contributed by atoms with Crippen LogP contribution in [-0.4, -0.2) is 23.0 Å². The number of benzene rings is 2. The number of fused-ring (bicyclic) bond motifs is 1. The number of rotatable bonds is 4. The minimum Gasteiger partial charge on any atom is -0.409 e. The molecule has 0 fully saturated rings. The number of nitrogens with one attached hydrogen (secondary N) is 1. The van der Waals surface area contributed by atoms with Gasteiger partial charge in [0.1, 0.15) is 0 Å². The van der Waals surface area contributed by atoms with Gasteiger partial charge in [-0.15, -0.1) is 0 Å². The topological polar surface area (TPSA) is 87.7 Å². The van der Waals surface area contributed by atoms with Crippen LogP contribution >= 0.6 is 15.9 Å². The van der Waals surface area contributed by atoms with Crippen LogP contribution in [0.1, 0.15) is 23.7 Å². The lowest BCUT2D eigenvalue weighted by molar-refractivity contribution is 0.0945. The summed E-state index contributed by atoms with van der Waals surface area (Å²) in [4.78, 5) is 12.2.